The number of nitrogens with zero attached hydrogens (tertiary/aromatic N) is 6. The van der Waals surface area contributed by atoms with E-state index in [0.717, 1.165) is 62.2 Å². The first-order chi connectivity index (χ1) is 18.1. The summed E-state index contributed by atoms with van der Waals surface area (Å²) in [5, 5.41) is 17.8. The van der Waals surface area contributed by atoms with E-state index < -0.39 is 0 Å². The van der Waals surface area contributed by atoms with Gasteiger partial charge in [0.25, 0.3) is 5.91 Å². The van der Waals surface area contributed by atoms with Crippen molar-refractivity contribution in [1.29, 1.82) is 0 Å². The van der Waals surface area contributed by atoms with E-state index in [1.165, 1.54) is 0 Å². The summed E-state index contributed by atoms with van der Waals surface area (Å²) < 4.78 is 5.75. The van der Waals surface area contributed by atoms with Crippen molar-refractivity contribution < 1.29 is 9.32 Å². The van der Waals surface area contributed by atoms with Crippen molar-refractivity contribution in [1.82, 2.24) is 35.6 Å². The van der Waals surface area contributed by atoms with Gasteiger partial charge in [0.2, 0.25) is 5.95 Å². The van der Waals surface area contributed by atoms with Crippen LogP contribution in [-0.4, -0.2) is 48.8 Å². The lowest BCUT2D eigenvalue weighted by atomic mass is 10.1. The predicted octanol–water partition coefficient (Wildman–Crippen LogP) is 4.32. The van der Waals surface area contributed by atoms with Crippen LogP contribution >= 0.6 is 0 Å². The SMILES string of the molecule is Cc1cc(Nc2cc(C(=O)NC3CCCC3)nc(N3CCC[C@H]3c3cc(-c4ccccn4)no3)n2)n[nH]1. The molecule has 1 saturated heterocycles. The lowest BCUT2D eigenvalue weighted by Crippen LogP contribution is -2.34. The second-order valence-electron chi connectivity index (χ2n) is 9.64. The molecule has 5 heterocycles. The van der Waals surface area contributed by atoms with Crippen LogP contribution in [0.25, 0.3) is 11.4 Å². The molecule has 2 aliphatic rings. The van der Waals surface area contributed by atoms with Gasteiger partial charge in [0, 0.05) is 42.7 Å². The number of aryl methyl sites for hydroxylation is 1. The fraction of sp³-hybridized carbons (Fsp3) is 0.385. The number of hydrogen-bond donors (Lipinski definition) is 3. The van der Waals surface area contributed by atoms with E-state index in [1.807, 2.05) is 37.3 Å². The average molecular weight is 500 g/mol. The van der Waals surface area contributed by atoms with Gasteiger partial charge in [-0.3, -0.25) is 14.9 Å². The number of H-pyrrole nitrogens is 1. The van der Waals surface area contributed by atoms with Gasteiger partial charge in [-0.05, 0) is 44.7 Å². The van der Waals surface area contributed by atoms with Crippen LogP contribution in [-0.2, 0) is 0 Å². The van der Waals surface area contributed by atoms with Gasteiger partial charge in [-0.1, -0.05) is 24.1 Å². The molecule has 2 fully saturated rings. The van der Waals surface area contributed by atoms with Crippen LogP contribution in [0.15, 0.2) is 47.1 Å². The highest BCUT2D eigenvalue weighted by Gasteiger charge is 2.32. The van der Waals surface area contributed by atoms with Crippen LogP contribution in [0.4, 0.5) is 17.6 Å². The van der Waals surface area contributed by atoms with Crippen molar-refractivity contribution >= 4 is 23.5 Å². The number of carbonyl (C=O) groups excluding carboxylic acids is 1. The Morgan fingerprint density at radius 1 is 1.05 bits per heavy atom. The summed E-state index contributed by atoms with van der Waals surface area (Å²) in [6.45, 7) is 2.66. The van der Waals surface area contributed by atoms with E-state index in [-0.39, 0.29) is 18.0 Å². The molecule has 0 unspecified atom stereocenters. The Morgan fingerprint density at radius 3 is 2.73 bits per heavy atom. The second kappa shape index (κ2) is 10.00. The smallest absolute Gasteiger partial charge is 0.270 e. The van der Waals surface area contributed by atoms with Crippen LogP contribution in [0.3, 0.4) is 0 Å². The molecule has 0 aromatic carbocycles. The zero-order valence-corrected chi connectivity index (χ0v) is 20.6. The maximum atomic E-state index is 13.2. The molecule has 1 saturated carbocycles. The first-order valence-corrected chi connectivity index (χ1v) is 12.8. The van der Waals surface area contributed by atoms with E-state index in [4.69, 9.17) is 14.5 Å². The van der Waals surface area contributed by atoms with Crippen molar-refractivity contribution in [3.8, 4) is 11.4 Å². The summed E-state index contributed by atoms with van der Waals surface area (Å²) in [5.74, 6) is 2.12. The normalized spacial score (nSPS) is 17.9. The molecule has 11 heteroatoms. The Bertz CT molecular complexity index is 1380. The summed E-state index contributed by atoms with van der Waals surface area (Å²) in [4.78, 5) is 29.1. The molecule has 190 valence electrons. The number of hydrogen-bond acceptors (Lipinski definition) is 9. The quantitative estimate of drug-likeness (QED) is 0.339. The van der Waals surface area contributed by atoms with Crippen molar-refractivity contribution in [3.63, 3.8) is 0 Å². The maximum absolute atomic E-state index is 13.2. The fourth-order valence-electron chi connectivity index (χ4n) is 5.07. The highest BCUT2D eigenvalue weighted by atomic mass is 16.5. The lowest BCUT2D eigenvalue weighted by molar-refractivity contribution is 0.0932. The van der Waals surface area contributed by atoms with E-state index in [2.05, 4.69) is 35.9 Å². The van der Waals surface area contributed by atoms with Gasteiger partial charge in [-0.15, -0.1) is 0 Å². The minimum atomic E-state index is -0.190. The van der Waals surface area contributed by atoms with E-state index in [9.17, 15) is 4.79 Å². The van der Waals surface area contributed by atoms with Crippen LogP contribution in [0.1, 0.15) is 66.5 Å². The number of rotatable bonds is 7. The average Bonchev–Trinajstić information content (AvgIpc) is 3.72. The fourth-order valence-corrected chi connectivity index (χ4v) is 5.07. The standard InChI is InChI=1S/C26H29N9O2/c1-16-13-24(33-32-16)30-23-15-20(25(36)28-17-7-2-3-8-17)29-26(31-23)35-12-6-10-21(35)22-14-19(34-37-22)18-9-4-5-11-27-18/h4-5,9,11,13-15,17,21H,2-3,6-8,10,12H2,1H3,(H,28,36)(H2,29,30,31,32,33)/t21-/m0/s1. The van der Waals surface area contributed by atoms with E-state index in [0.29, 0.717) is 29.0 Å². The first kappa shape index (κ1) is 23.1. The van der Waals surface area contributed by atoms with Crippen molar-refractivity contribution in [2.45, 2.75) is 57.5 Å². The first-order valence-electron chi connectivity index (χ1n) is 12.8. The van der Waals surface area contributed by atoms with Crippen LogP contribution in [0.2, 0.25) is 0 Å². The number of amides is 1. The molecule has 6 rings (SSSR count). The van der Waals surface area contributed by atoms with Gasteiger partial charge in [0.05, 0.1) is 11.7 Å². The Labute approximate surface area is 214 Å². The maximum Gasteiger partial charge on any atom is 0.270 e. The number of aromatic nitrogens is 6. The monoisotopic (exact) mass is 499 g/mol. The van der Waals surface area contributed by atoms with Crippen LogP contribution in [0.5, 0.6) is 0 Å². The topological polar surface area (TPSA) is 138 Å². The van der Waals surface area contributed by atoms with Crippen LogP contribution in [0, 0.1) is 6.92 Å². The highest BCUT2D eigenvalue weighted by molar-refractivity contribution is 5.93. The molecule has 0 bridgehead atoms. The molecular formula is C26H29N9O2. The van der Waals surface area contributed by atoms with Gasteiger partial charge < -0.3 is 20.1 Å². The molecule has 37 heavy (non-hydrogen) atoms. The Balaban J connectivity index is 1.31. The van der Waals surface area contributed by atoms with Gasteiger partial charge >= 0.3 is 0 Å². The molecule has 0 radical (unpaired) electrons. The zero-order valence-electron chi connectivity index (χ0n) is 20.6. The number of anilines is 3. The van der Waals surface area contributed by atoms with Crippen molar-refractivity contribution in [3.05, 3.63) is 59.7 Å². The third-order valence-electron chi connectivity index (χ3n) is 6.89. The van der Waals surface area contributed by atoms with Crippen molar-refractivity contribution in [2.24, 2.45) is 0 Å². The molecule has 1 amide bonds. The summed E-state index contributed by atoms with van der Waals surface area (Å²) in [5.41, 5.74) is 2.68. The molecular weight excluding hydrogens is 470 g/mol. The van der Waals surface area contributed by atoms with E-state index >= 15 is 0 Å². The number of nitrogens with one attached hydrogen (secondary N) is 3. The van der Waals surface area contributed by atoms with Gasteiger partial charge in [-0.2, -0.15) is 10.1 Å². The third-order valence-corrected chi connectivity index (χ3v) is 6.89. The highest BCUT2D eigenvalue weighted by Crippen LogP contribution is 2.36. The van der Waals surface area contributed by atoms with Gasteiger partial charge in [0.1, 0.15) is 17.2 Å². The zero-order chi connectivity index (χ0) is 25.2. The van der Waals surface area contributed by atoms with E-state index in [1.54, 1.807) is 12.3 Å². The summed E-state index contributed by atoms with van der Waals surface area (Å²) in [6.07, 6.45) is 7.81. The summed E-state index contributed by atoms with van der Waals surface area (Å²) >= 11 is 0. The predicted molar refractivity (Wildman–Crippen MR) is 137 cm³/mol. The molecule has 4 aromatic heterocycles. The van der Waals surface area contributed by atoms with Crippen LogP contribution < -0.4 is 15.5 Å². The second-order valence-corrected chi connectivity index (χ2v) is 9.64. The third kappa shape index (κ3) is 5.02. The number of pyridine rings is 1. The summed E-state index contributed by atoms with van der Waals surface area (Å²) in [7, 11) is 0. The van der Waals surface area contributed by atoms with Gasteiger partial charge in [-0.25, -0.2) is 4.98 Å². The Hall–Kier alpha value is -4.28. The molecule has 0 spiro atoms. The Kier molecular flexibility index (Phi) is 6.25. The molecule has 1 aliphatic heterocycles. The molecule has 3 N–H and O–H groups in total. The molecule has 11 nitrogen and oxygen atoms in total. The molecule has 1 aliphatic carbocycles. The molecule has 4 aromatic rings. The summed E-state index contributed by atoms with van der Waals surface area (Å²) in [6, 6.07) is 11.3. The number of aromatic amines is 1. The van der Waals surface area contributed by atoms with Crippen molar-refractivity contribution in [2.75, 3.05) is 16.8 Å². The Morgan fingerprint density at radius 2 is 1.95 bits per heavy atom. The molecule has 1 atom stereocenters. The lowest BCUT2D eigenvalue weighted by Gasteiger charge is -2.23. The largest absolute Gasteiger partial charge is 0.358 e. The van der Waals surface area contributed by atoms with Gasteiger partial charge in [0.15, 0.2) is 11.6 Å². The minimum Gasteiger partial charge on any atom is -0.358 e. The number of carbonyl (C=O) groups is 1. The minimum absolute atomic E-state index is 0.0985.